The van der Waals surface area contributed by atoms with Gasteiger partial charge in [-0.1, -0.05) is 19.3 Å². The molecule has 2 saturated carbocycles. The summed E-state index contributed by atoms with van der Waals surface area (Å²) in [5.41, 5.74) is -0.364. The molecule has 104 valence electrons. The Labute approximate surface area is 111 Å². The van der Waals surface area contributed by atoms with Gasteiger partial charge in [0.1, 0.15) is 0 Å². The van der Waals surface area contributed by atoms with Crippen molar-refractivity contribution in [1.29, 1.82) is 0 Å². The highest BCUT2D eigenvalue weighted by Gasteiger charge is 2.38. The number of hydrogen-bond acceptors (Lipinski definition) is 3. The van der Waals surface area contributed by atoms with Gasteiger partial charge in [-0.2, -0.15) is 0 Å². The van der Waals surface area contributed by atoms with E-state index in [1.165, 1.54) is 51.5 Å². The van der Waals surface area contributed by atoms with E-state index in [0.717, 1.165) is 32.0 Å². The summed E-state index contributed by atoms with van der Waals surface area (Å²) >= 11 is 0. The summed E-state index contributed by atoms with van der Waals surface area (Å²) < 4.78 is 0. The molecule has 1 atom stereocenters. The van der Waals surface area contributed by atoms with Crippen molar-refractivity contribution in [2.45, 2.75) is 75.5 Å². The zero-order valence-electron chi connectivity index (χ0n) is 11.5. The molecule has 3 heteroatoms. The van der Waals surface area contributed by atoms with Gasteiger partial charge in [-0.25, -0.2) is 0 Å². The van der Waals surface area contributed by atoms with Crippen LogP contribution in [0, 0.1) is 0 Å². The Bertz CT molecular complexity index is 266. The molecule has 1 aliphatic heterocycles. The van der Waals surface area contributed by atoms with Crippen molar-refractivity contribution in [3.63, 3.8) is 0 Å². The van der Waals surface area contributed by atoms with Gasteiger partial charge in [0.2, 0.25) is 0 Å². The summed E-state index contributed by atoms with van der Waals surface area (Å²) in [6.45, 7) is 3.27. The van der Waals surface area contributed by atoms with Crippen LogP contribution in [0.1, 0.15) is 57.8 Å². The van der Waals surface area contributed by atoms with Crippen molar-refractivity contribution >= 4 is 0 Å². The van der Waals surface area contributed by atoms with E-state index in [4.69, 9.17) is 0 Å². The minimum atomic E-state index is -0.364. The van der Waals surface area contributed by atoms with Crippen molar-refractivity contribution in [3.05, 3.63) is 0 Å². The lowest BCUT2D eigenvalue weighted by Crippen LogP contribution is -2.49. The first-order chi connectivity index (χ1) is 8.75. The molecule has 0 aromatic rings. The summed E-state index contributed by atoms with van der Waals surface area (Å²) in [5.74, 6) is 0. The van der Waals surface area contributed by atoms with Gasteiger partial charge in [0.05, 0.1) is 5.60 Å². The predicted octanol–water partition coefficient (Wildman–Crippen LogP) is 1.90. The van der Waals surface area contributed by atoms with Crippen LogP contribution in [-0.4, -0.2) is 47.3 Å². The fourth-order valence-electron chi connectivity index (χ4n) is 3.71. The van der Waals surface area contributed by atoms with Gasteiger partial charge in [0.25, 0.3) is 0 Å². The normalized spacial score (nSPS) is 32.0. The third-order valence-electron chi connectivity index (χ3n) is 4.96. The van der Waals surface area contributed by atoms with E-state index in [-0.39, 0.29) is 5.60 Å². The predicted molar refractivity (Wildman–Crippen MR) is 73.7 cm³/mol. The van der Waals surface area contributed by atoms with Crippen LogP contribution >= 0.6 is 0 Å². The van der Waals surface area contributed by atoms with Crippen LogP contribution in [0.25, 0.3) is 0 Å². The summed E-state index contributed by atoms with van der Waals surface area (Å²) in [6.07, 6.45) is 11.2. The van der Waals surface area contributed by atoms with Gasteiger partial charge in [-0.05, 0) is 45.1 Å². The molecule has 0 amide bonds. The Kier molecular flexibility index (Phi) is 3.92. The molecular weight excluding hydrogens is 224 g/mol. The van der Waals surface area contributed by atoms with Gasteiger partial charge in [-0.3, -0.25) is 4.90 Å². The third-order valence-corrected chi connectivity index (χ3v) is 4.96. The van der Waals surface area contributed by atoms with Crippen LogP contribution in [0.15, 0.2) is 0 Å². The maximum absolute atomic E-state index is 10.6. The van der Waals surface area contributed by atoms with Crippen LogP contribution in [0.5, 0.6) is 0 Å². The molecule has 2 aliphatic carbocycles. The van der Waals surface area contributed by atoms with Crippen LogP contribution < -0.4 is 5.32 Å². The second-order valence-electron chi connectivity index (χ2n) is 6.74. The van der Waals surface area contributed by atoms with Gasteiger partial charge in [0.15, 0.2) is 0 Å². The van der Waals surface area contributed by atoms with E-state index < -0.39 is 0 Å². The minimum Gasteiger partial charge on any atom is -0.389 e. The highest BCUT2D eigenvalue weighted by Crippen LogP contribution is 2.34. The molecule has 0 spiro atoms. The van der Waals surface area contributed by atoms with Crippen molar-refractivity contribution < 1.29 is 5.11 Å². The first-order valence-electron chi connectivity index (χ1n) is 7.95. The first-order valence-corrected chi connectivity index (χ1v) is 7.95. The van der Waals surface area contributed by atoms with E-state index in [9.17, 15) is 5.11 Å². The SMILES string of the molecule is OC1(CN(CC2CCCCN2)C2CC2)CCCC1. The molecule has 0 bridgehead atoms. The van der Waals surface area contributed by atoms with E-state index >= 15 is 0 Å². The molecule has 1 saturated heterocycles. The van der Waals surface area contributed by atoms with Crippen molar-refractivity contribution in [1.82, 2.24) is 10.2 Å². The molecule has 3 rings (SSSR count). The summed E-state index contributed by atoms with van der Waals surface area (Å²) in [4.78, 5) is 2.59. The monoisotopic (exact) mass is 252 g/mol. The lowest BCUT2D eigenvalue weighted by atomic mass is 10.00. The molecule has 18 heavy (non-hydrogen) atoms. The molecule has 0 aromatic heterocycles. The average molecular weight is 252 g/mol. The van der Waals surface area contributed by atoms with Gasteiger partial charge in [0, 0.05) is 25.2 Å². The van der Waals surface area contributed by atoms with E-state index in [2.05, 4.69) is 10.2 Å². The fourth-order valence-corrected chi connectivity index (χ4v) is 3.71. The Morgan fingerprint density at radius 1 is 1.06 bits per heavy atom. The number of rotatable bonds is 5. The van der Waals surface area contributed by atoms with Crippen molar-refractivity contribution in [2.24, 2.45) is 0 Å². The Hall–Kier alpha value is -0.120. The number of aliphatic hydroxyl groups is 1. The quantitative estimate of drug-likeness (QED) is 0.784. The average Bonchev–Trinajstić information content (AvgIpc) is 3.14. The number of piperidine rings is 1. The Morgan fingerprint density at radius 3 is 2.44 bits per heavy atom. The van der Waals surface area contributed by atoms with Crippen molar-refractivity contribution in [2.75, 3.05) is 19.6 Å². The molecule has 0 radical (unpaired) electrons. The molecule has 1 unspecified atom stereocenters. The molecule has 3 fully saturated rings. The molecule has 1 heterocycles. The highest BCUT2D eigenvalue weighted by atomic mass is 16.3. The van der Waals surface area contributed by atoms with E-state index in [1.54, 1.807) is 0 Å². The van der Waals surface area contributed by atoms with Crippen LogP contribution in [0.3, 0.4) is 0 Å². The molecule has 3 nitrogen and oxygen atoms in total. The fraction of sp³-hybridized carbons (Fsp3) is 1.00. The van der Waals surface area contributed by atoms with Crippen molar-refractivity contribution in [3.8, 4) is 0 Å². The van der Waals surface area contributed by atoms with Gasteiger partial charge < -0.3 is 10.4 Å². The third kappa shape index (κ3) is 3.25. The lowest BCUT2D eigenvalue weighted by molar-refractivity contribution is 0.00354. The van der Waals surface area contributed by atoms with Crippen LogP contribution in [0.2, 0.25) is 0 Å². The van der Waals surface area contributed by atoms with E-state index in [1.807, 2.05) is 0 Å². The number of nitrogens with zero attached hydrogens (tertiary/aromatic N) is 1. The topological polar surface area (TPSA) is 35.5 Å². The second-order valence-corrected chi connectivity index (χ2v) is 6.74. The van der Waals surface area contributed by atoms with Gasteiger partial charge >= 0.3 is 0 Å². The summed E-state index contributed by atoms with van der Waals surface area (Å²) in [5, 5.41) is 14.3. The summed E-state index contributed by atoms with van der Waals surface area (Å²) in [7, 11) is 0. The zero-order valence-corrected chi connectivity index (χ0v) is 11.5. The maximum Gasteiger partial charge on any atom is 0.0774 e. The highest BCUT2D eigenvalue weighted by molar-refractivity contribution is 4.94. The molecule has 2 N–H and O–H groups in total. The second kappa shape index (κ2) is 5.48. The molecule has 0 aromatic carbocycles. The Balaban J connectivity index is 1.54. The van der Waals surface area contributed by atoms with E-state index in [0.29, 0.717) is 6.04 Å². The first kappa shape index (κ1) is 12.9. The minimum absolute atomic E-state index is 0.364. The molecular formula is C15H28N2O. The zero-order chi connectivity index (χ0) is 12.4. The van der Waals surface area contributed by atoms with Gasteiger partial charge in [-0.15, -0.1) is 0 Å². The molecule has 3 aliphatic rings. The largest absolute Gasteiger partial charge is 0.389 e. The van der Waals surface area contributed by atoms with Crippen LogP contribution in [-0.2, 0) is 0 Å². The Morgan fingerprint density at radius 2 is 1.83 bits per heavy atom. The summed E-state index contributed by atoms with van der Waals surface area (Å²) in [6, 6.07) is 1.45. The maximum atomic E-state index is 10.6. The number of nitrogens with one attached hydrogen (secondary N) is 1. The number of hydrogen-bond donors (Lipinski definition) is 2. The van der Waals surface area contributed by atoms with Crippen LogP contribution in [0.4, 0.5) is 0 Å². The lowest BCUT2D eigenvalue weighted by Gasteiger charge is -2.35. The smallest absolute Gasteiger partial charge is 0.0774 e. The standard InChI is InChI=1S/C15H28N2O/c18-15(8-2-3-9-15)12-17(14-6-7-14)11-13-5-1-4-10-16-13/h13-14,16,18H,1-12H2.